The predicted molar refractivity (Wildman–Crippen MR) is 97.0 cm³/mol. The molecule has 0 atom stereocenters. The first-order valence-corrected chi connectivity index (χ1v) is 8.79. The first kappa shape index (κ1) is 15.2. The highest BCUT2D eigenvalue weighted by Gasteiger charge is 2.22. The van der Waals surface area contributed by atoms with Crippen molar-refractivity contribution in [3.8, 4) is 11.5 Å². The van der Waals surface area contributed by atoms with Gasteiger partial charge in [-0.15, -0.1) is 11.3 Å². The SMILES string of the molecule is COc1ccc(Nc2nc(C)nc3sc4c(c23)CCC4)c(OC)c1. The molecular weight excluding hydrogens is 322 g/mol. The molecule has 0 fully saturated rings. The van der Waals surface area contributed by atoms with E-state index in [2.05, 4.69) is 15.3 Å². The standard InChI is InChI=1S/C18H19N3O2S/c1-10-19-17(16-12-5-4-6-15(12)24-18(16)20-10)21-13-8-7-11(22-2)9-14(13)23-3/h7-9H,4-6H2,1-3H3,(H,19,20,21). The summed E-state index contributed by atoms with van der Waals surface area (Å²) in [7, 11) is 3.30. The average molecular weight is 341 g/mol. The molecule has 5 nitrogen and oxygen atoms in total. The number of aromatic nitrogens is 2. The van der Waals surface area contributed by atoms with Crippen LogP contribution in [0.25, 0.3) is 10.2 Å². The van der Waals surface area contributed by atoms with E-state index in [0.717, 1.165) is 51.9 Å². The van der Waals surface area contributed by atoms with Crippen LogP contribution in [-0.2, 0) is 12.8 Å². The van der Waals surface area contributed by atoms with E-state index in [1.54, 1.807) is 25.6 Å². The molecule has 0 bridgehead atoms. The number of rotatable bonds is 4. The van der Waals surface area contributed by atoms with Crippen LogP contribution in [0.5, 0.6) is 11.5 Å². The van der Waals surface area contributed by atoms with E-state index < -0.39 is 0 Å². The number of thiophene rings is 1. The Hall–Kier alpha value is -2.34. The molecule has 3 aromatic rings. The number of nitrogens with zero attached hydrogens (tertiary/aromatic N) is 2. The van der Waals surface area contributed by atoms with Gasteiger partial charge in [-0.3, -0.25) is 0 Å². The fourth-order valence-corrected chi connectivity index (χ4v) is 4.53. The second kappa shape index (κ2) is 5.94. The zero-order valence-corrected chi connectivity index (χ0v) is 14.8. The number of ether oxygens (including phenoxy) is 2. The van der Waals surface area contributed by atoms with Gasteiger partial charge in [0.25, 0.3) is 0 Å². The van der Waals surface area contributed by atoms with Crippen LogP contribution in [0.1, 0.15) is 22.7 Å². The summed E-state index contributed by atoms with van der Waals surface area (Å²) < 4.78 is 10.8. The summed E-state index contributed by atoms with van der Waals surface area (Å²) in [6, 6.07) is 5.73. The number of benzene rings is 1. The smallest absolute Gasteiger partial charge is 0.146 e. The minimum Gasteiger partial charge on any atom is -0.497 e. The number of nitrogens with one attached hydrogen (secondary N) is 1. The van der Waals surface area contributed by atoms with Gasteiger partial charge in [-0.1, -0.05) is 0 Å². The lowest BCUT2D eigenvalue weighted by atomic mass is 10.2. The normalized spacial score (nSPS) is 13.1. The summed E-state index contributed by atoms with van der Waals surface area (Å²) in [6.45, 7) is 1.93. The van der Waals surface area contributed by atoms with Gasteiger partial charge in [0, 0.05) is 10.9 Å². The third-order valence-electron chi connectivity index (χ3n) is 4.34. The Morgan fingerprint density at radius 2 is 2.00 bits per heavy atom. The van der Waals surface area contributed by atoms with Gasteiger partial charge in [-0.2, -0.15) is 0 Å². The third kappa shape index (κ3) is 2.47. The molecule has 0 amide bonds. The first-order chi connectivity index (χ1) is 11.7. The zero-order chi connectivity index (χ0) is 16.7. The van der Waals surface area contributed by atoms with Gasteiger partial charge in [0.2, 0.25) is 0 Å². The third-order valence-corrected chi connectivity index (χ3v) is 5.52. The van der Waals surface area contributed by atoms with E-state index in [0.29, 0.717) is 0 Å². The van der Waals surface area contributed by atoms with Crippen molar-refractivity contribution in [1.82, 2.24) is 9.97 Å². The van der Waals surface area contributed by atoms with E-state index in [4.69, 9.17) is 9.47 Å². The predicted octanol–water partition coefficient (Wildman–Crippen LogP) is 4.25. The highest BCUT2D eigenvalue weighted by Crippen LogP contribution is 2.41. The molecule has 0 unspecified atom stereocenters. The number of hydrogen-bond donors (Lipinski definition) is 1. The number of methoxy groups -OCH3 is 2. The Labute approximate surface area is 144 Å². The Kier molecular flexibility index (Phi) is 3.76. The van der Waals surface area contributed by atoms with Gasteiger partial charge in [-0.05, 0) is 43.9 Å². The molecule has 0 aliphatic heterocycles. The second-order valence-corrected chi connectivity index (χ2v) is 6.93. The fraction of sp³-hybridized carbons (Fsp3) is 0.333. The Morgan fingerprint density at radius 3 is 2.79 bits per heavy atom. The van der Waals surface area contributed by atoms with Crippen molar-refractivity contribution in [3.63, 3.8) is 0 Å². The van der Waals surface area contributed by atoms with Crippen molar-refractivity contribution in [2.75, 3.05) is 19.5 Å². The molecule has 1 aliphatic carbocycles. The van der Waals surface area contributed by atoms with Crippen LogP contribution in [0, 0.1) is 6.92 Å². The van der Waals surface area contributed by atoms with Crippen LogP contribution < -0.4 is 14.8 Å². The van der Waals surface area contributed by atoms with E-state index in [9.17, 15) is 0 Å². The van der Waals surface area contributed by atoms with Crippen LogP contribution in [0.3, 0.4) is 0 Å². The molecule has 2 aromatic heterocycles. The number of hydrogen-bond acceptors (Lipinski definition) is 6. The van der Waals surface area contributed by atoms with Crippen molar-refractivity contribution in [2.24, 2.45) is 0 Å². The summed E-state index contributed by atoms with van der Waals surface area (Å²) in [4.78, 5) is 11.8. The summed E-state index contributed by atoms with van der Waals surface area (Å²) >= 11 is 1.80. The van der Waals surface area contributed by atoms with Gasteiger partial charge in [0.15, 0.2) is 0 Å². The van der Waals surface area contributed by atoms with Crippen LogP contribution in [0.4, 0.5) is 11.5 Å². The largest absolute Gasteiger partial charge is 0.497 e. The lowest BCUT2D eigenvalue weighted by Gasteiger charge is -2.13. The maximum atomic E-state index is 5.49. The molecule has 2 heterocycles. The molecule has 0 saturated carbocycles. The van der Waals surface area contributed by atoms with Crippen LogP contribution in [-0.4, -0.2) is 24.2 Å². The topological polar surface area (TPSA) is 56.3 Å². The molecular formula is C18H19N3O2S. The highest BCUT2D eigenvalue weighted by molar-refractivity contribution is 7.19. The van der Waals surface area contributed by atoms with Crippen LogP contribution >= 0.6 is 11.3 Å². The molecule has 4 rings (SSSR count). The molecule has 1 aromatic carbocycles. The van der Waals surface area contributed by atoms with Gasteiger partial charge in [0.1, 0.15) is 28.0 Å². The van der Waals surface area contributed by atoms with E-state index in [1.165, 1.54) is 16.9 Å². The molecule has 6 heteroatoms. The van der Waals surface area contributed by atoms with E-state index in [1.807, 2.05) is 25.1 Å². The summed E-state index contributed by atoms with van der Waals surface area (Å²) in [6.07, 6.45) is 3.48. The highest BCUT2D eigenvalue weighted by atomic mass is 32.1. The van der Waals surface area contributed by atoms with Crippen molar-refractivity contribution in [3.05, 3.63) is 34.5 Å². The van der Waals surface area contributed by atoms with Gasteiger partial charge in [0.05, 0.1) is 25.3 Å². The molecule has 0 radical (unpaired) electrons. The molecule has 0 spiro atoms. The maximum Gasteiger partial charge on any atom is 0.146 e. The number of anilines is 2. The van der Waals surface area contributed by atoms with Crippen molar-refractivity contribution >= 4 is 33.1 Å². The van der Waals surface area contributed by atoms with Gasteiger partial charge in [-0.25, -0.2) is 9.97 Å². The van der Waals surface area contributed by atoms with Crippen molar-refractivity contribution < 1.29 is 9.47 Å². The quantitative estimate of drug-likeness (QED) is 0.769. The Morgan fingerprint density at radius 1 is 1.12 bits per heavy atom. The molecule has 1 aliphatic rings. The lowest BCUT2D eigenvalue weighted by Crippen LogP contribution is -2.01. The average Bonchev–Trinajstić information content (AvgIpc) is 3.15. The second-order valence-electron chi connectivity index (χ2n) is 5.85. The monoisotopic (exact) mass is 341 g/mol. The molecule has 1 N–H and O–H groups in total. The van der Waals surface area contributed by atoms with E-state index in [-0.39, 0.29) is 0 Å². The van der Waals surface area contributed by atoms with Crippen LogP contribution in [0.15, 0.2) is 18.2 Å². The summed E-state index contributed by atoms with van der Waals surface area (Å²) in [5, 5.41) is 4.61. The Balaban J connectivity index is 1.83. The fourth-order valence-electron chi connectivity index (χ4n) is 3.22. The van der Waals surface area contributed by atoms with Crippen molar-refractivity contribution in [1.29, 1.82) is 0 Å². The first-order valence-electron chi connectivity index (χ1n) is 7.97. The van der Waals surface area contributed by atoms with Crippen molar-refractivity contribution in [2.45, 2.75) is 26.2 Å². The molecule has 124 valence electrons. The molecule has 0 saturated heterocycles. The maximum absolute atomic E-state index is 5.49. The summed E-state index contributed by atoms with van der Waals surface area (Å²) in [5.74, 6) is 3.13. The minimum atomic E-state index is 0.727. The molecule has 24 heavy (non-hydrogen) atoms. The van der Waals surface area contributed by atoms with Gasteiger partial charge < -0.3 is 14.8 Å². The van der Waals surface area contributed by atoms with Gasteiger partial charge >= 0.3 is 0 Å². The lowest BCUT2D eigenvalue weighted by molar-refractivity contribution is 0.395. The number of fused-ring (bicyclic) bond motifs is 3. The summed E-state index contributed by atoms with van der Waals surface area (Å²) in [5.41, 5.74) is 2.28. The zero-order valence-electron chi connectivity index (χ0n) is 14.0. The van der Waals surface area contributed by atoms with Crippen LogP contribution in [0.2, 0.25) is 0 Å². The number of aryl methyl sites for hydroxylation is 3. The van der Waals surface area contributed by atoms with E-state index >= 15 is 0 Å². The minimum absolute atomic E-state index is 0.727. The Bertz CT molecular complexity index is 920.